The molecule has 0 aliphatic carbocycles. The number of furan rings is 1. The molecule has 8 heteroatoms. The number of nitrogens with zero attached hydrogens (tertiary/aromatic N) is 5. The number of aromatic nitrogens is 3. The third-order valence-electron chi connectivity index (χ3n) is 5.95. The van der Waals surface area contributed by atoms with Gasteiger partial charge < -0.3 is 9.32 Å². The van der Waals surface area contributed by atoms with Crippen molar-refractivity contribution in [1.82, 2.24) is 24.0 Å². The molecule has 1 fully saturated rings. The molecule has 0 radical (unpaired) electrons. The lowest BCUT2D eigenvalue weighted by molar-refractivity contribution is -0.133. The normalized spacial score (nSPS) is 15.2. The van der Waals surface area contributed by atoms with Crippen LogP contribution in [-0.4, -0.2) is 56.1 Å². The quantitative estimate of drug-likeness (QED) is 0.496. The van der Waals surface area contributed by atoms with Gasteiger partial charge in [-0.05, 0) is 5.56 Å². The van der Waals surface area contributed by atoms with E-state index in [1.165, 1.54) is 10.2 Å². The number of carbonyl (C=O) groups excluding carboxylic acids is 1. The van der Waals surface area contributed by atoms with Gasteiger partial charge >= 0.3 is 0 Å². The van der Waals surface area contributed by atoms with Gasteiger partial charge in [-0.2, -0.15) is 5.10 Å². The Morgan fingerprint density at radius 1 is 1.06 bits per heavy atom. The van der Waals surface area contributed by atoms with E-state index < -0.39 is 0 Å². The van der Waals surface area contributed by atoms with E-state index in [0.29, 0.717) is 30.6 Å². The van der Waals surface area contributed by atoms with Crippen LogP contribution in [0.1, 0.15) is 18.3 Å². The summed E-state index contributed by atoms with van der Waals surface area (Å²) in [7, 11) is 0. The molecule has 160 valence electrons. The van der Waals surface area contributed by atoms with Crippen LogP contribution in [0.2, 0.25) is 0 Å². The molecule has 0 bridgehead atoms. The molecule has 0 N–H and O–H groups in total. The Balaban J connectivity index is 1.30. The SMILES string of the molecule is CCc1nn(CC(=O)N2CCN(Cc3ccccc3)CC2)c(=O)c2cc3occc3n12. The monoisotopic (exact) mass is 419 g/mol. The second-order valence-corrected chi connectivity index (χ2v) is 7.91. The molecule has 1 aromatic carbocycles. The van der Waals surface area contributed by atoms with Crippen LogP contribution in [-0.2, 0) is 24.3 Å². The van der Waals surface area contributed by atoms with Crippen LogP contribution in [0.15, 0.2) is 57.9 Å². The Labute approximate surface area is 179 Å². The molecule has 3 aromatic heterocycles. The highest BCUT2D eigenvalue weighted by molar-refractivity contribution is 5.82. The van der Waals surface area contributed by atoms with Crippen molar-refractivity contribution < 1.29 is 9.21 Å². The zero-order valence-corrected chi connectivity index (χ0v) is 17.5. The first-order chi connectivity index (χ1) is 15.1. The van der Waals surface area contributed by atoms with E-state index in [1.807, 2.05) is 40.5 Å². The maximum atomic E-state index is 13.0. The molecule has 8 nitrogen and oxygen atoms in total. The molecule has 1 aliphatic heterocycles. The molecule has 1 aliphatic rings. The third-order valence-corrected chi connectivity index (χ3v) is 5.95. The zero-order valence-electron chi connectivity index (χ0n) is 17.5. The Morgan fingerprint density at radius 2 is 1.84 bits per heavy atom. The van der Waals surface area contributed by atoms with Crippen molar-refractivity contribution in [2.24, 2.45) is 0 Å². The maximum Gasteiger partial charge on any atom is 0.291 e. The lowest BCUT2D eigenvalue weighted by atomic mass is 10.2. The standard InChI is InChI=1S/C23H25N5O3/c1-2-21-24-27(23(30)19-14-20-18(28(19)21)8-13-31-20)16-22(29)26-11-9-25(10-12-26)15-17-6-4-3-5-7-17/h3-8,13-14H,2,9-12,15-16H2,1H3. The average molecular weight is 419 g/mol. The number of piperazine rings is 1. The summed E-state index contributed by atoms with van der Waals surface area (Å²) in [5, 5.41) is 4.49. The summed E-state index contributed by atoms with van der Waals surface area (Å²) in [5.41, 5.74) is 2.95. The zero-order chi connectivity index (χ0) is 21.4. The van der Waals surface area contributed by atoms with E-state index in [-0.39, 0.29) is 18.0 Å². The molecule has 31 heavy (non-hydrogen) atoms. The second-order valence-electron chi connectivity index (χ2n) is 7.91. The van der Waals surface area contributed by atoms with Crippen LogP contribution in [0.5, 0.6) is 0 Å². The minimum atomic E-state index is -0.278. The van der Waals surface area contributed by atoms with Gasteiger partial charge in [-0.1, -0.05) is 37.3 Å². The molecule has 5 rings (SSSR count). The fourth-order valence-electron chi connectivity index (χ4n) is 4.28. The van der Waals surface area contributed by atoms with E-state index in [9.17, 15) is 9.59 Å². The summed E-state index contributed by atoms with van der Waals surface area (Å²) in [6.45, 7) is 5.76. The summed E-state index contributed by atoms with van der Waals surface area (Å²) in [4.78, 5) is 30.1. The molecule has 4 heterocycles. The van der Waals surface area contributed by atoms with Crippen LogP contribution in [0.4, 0.5) is 0 Å². The number of hydrogen-bond acceptors (Lipinski definition) is 5. The van der Waals surface area contributed by atoms with Crippen molar-refractivity contribution in [3.05, 3.63) is 70.5 Å². The number of carbonyl (C=O) groups is 1. The fourth-order valence-corrected chi connectivity index (χ4v) is 4.28. The van der Waals surface area contributed by atoms with Gasteiger partial charge in [0.1, 0.15) is 17.9 Å². The van der Waals surface area contributed by atoms with Gasteiger partial charge in [0.05, 0.1) is 11.8 Å². The summed E-state index contributed by atoms with van der Waals surface area (Å²) >= 11 is 0. The summed E-state index contributed by atoms with van der Waals surface area (Å²) in [5.74, 6) is 0.655. The smallest absolute Gasteiger partial charge is 0.291 e. The number of fused-ring (bicyclic) bond motifs is 3. The highest BCUT2D eigenvalue weighted by Crippen LogP contribution is 2.20. The van der Waals surface area contributed by atoms with Gasteiger partial charge in [0.2, 0.25) is 5.91 Å². The van der Waals surface area contributed by atoms with Crippen molar-refractivity contribution in [3.8, 4) is 0 Å². The number of aryl methyl sites for hydroxylation is 1. The highest BCUT2D eigenvalue weighted by Gasteiger charge is 2.23. The first-order valence-corrected chi connectivity index (χ1v) is 10.7. The second kappa shape index (κ2) is 8.03. The van der Waals surface area contributed by atoms with E-state index in [2.05, 4.69) is 22.1 Å². The first-order valence-electron chi connectivity index (χ1n) is 10.7. The van der Waals surface area contributed by atoms with Gasteiger partial charge in [0.15, 0.2) is 5.58 Å². The van der Waals surface area contributed by atoms with E-state index in [4.69, 9.17) is 4.42 Å². The Hall–Kier alpha value is -3.39. The van der Waals surface area contributed by atoms with E-state index >= 15 is 0 Å². The van der Waals surface area contributed by atoms with Crippen LogP contribution in [0, 0.1) is 0 Å². The van der Waals surface area contributed by atoms with Gasteiger partial charge in [0, 0.05) is 51.3 Å². The molecular weight excluding hydrogens is 394 g/mol. The topological polar surface area (TPSA) is 76.0 Å². The average Bonchev–Trinajstić information content (AvgIpc) is 3.39. The lowest BCUT2D eigenvalue weighted by Crippen LogP contribution is -2.49. The molecular formula is C23H25N5O3. The number of benzene rings is 1. The first kappa shape index (κ1) is 19.6. The van der Waals surface area contributed by atoms with Crippen LogP contribution >= 0.6 is 0 Å². The minimum Gasteiger partial charge on any atom is -0.463 e. The molecule has 0 unspecified atom stereocenters. The predicted octanol–water partition coefficient (Wildman–Crippen LogP) is 2.15. The van der Waals surface area contributed by atoms with Crippen molar-refractivity contribution in [2.45, 2.75) is 26.4 Å². The van der Waals surface area contributed by atoms with Crippen molar-refractivity contribution in [2.75, 3.05) is 26.2 Å². The van der Waals surface area contributed by atoms with Crippen molar-refractivity contribution >= 4 is 22.5 Å². The fraction of sp³-hybridized carbons (Fsp3) is 0.348. The Morgan fingerprint density at radius 3 is 2.58 bits per heavy atom. The van der Waals surface area contributed by atoms with Gasteiger partial charge in [-0.15, -0.1) is 0 Å². The minimum absolute atomic E-state index is 0.0481. The molecule has 1 saturated heterocycles. The summed E-state index contributed by atoms with van der Waals surface area (Å²) in [6.07, 6.45) is 2.24. The van der Waals surface area contributed by atoms with Crippen molar-refractivity contribution in [3.63, 3.8) is 0 Å². The molecule has 0 atom stereocenters. The Bertz CT molecular complexity index is 1280. The number of rotatable bonds is 5. The number of amides is 1. The van der Waals surface area contributed by atoms with Crippen molar-refractivity contribution in [1.29, 1.82) is 0 Å². The summed E-state index contributed by atoms with van der Waals surface area (Å²) in [6, 6.07) is 13.9. The summed E-state index contributed by atoms with van der Waals surface area (Å²) < 4.78 is 8.57. The van der Waals surface area contributed by atoms with Crippen LogP contribution in [0.3, 0.4) is 0 Å². The molecule has 0 spiro atoms. The number of hydrogen-bond donors (Lipinski definition) is 0. The Kier molecular flexibility index (Phi) is 5.07. The van der Waals surface area contributed by atoms with E-state index in [0.717, 1.165) is 31.0 Å². The van der Waals surface area contributed by atoms with Crippen LogP contribution < -0.4 is 5.56 Å². The highest BCUT2D eigenvalue weighted by atomic mass is 16.3. The van der Waals surface area contributed by atoms with Gasteiger partial charge in [-0.25, -0.2) is 4.68 Å². The van der Waals surface area contributed by atoms with E-state index in [1.54, 1.807) is 12.3 Å². The van der Waals surface area contributed by atoms with Crippen LogP contribution in [0.25, 0.3) is 16.6 Å². The third kappa shape index (κ3) is 3.63. The maximum absolute atomic E-state index is 13.0. The lowest BCUT2D eigenvalue weighted by Gasteiger charge is -2.34. The van der Waals surface area contributed by atoms with Gasteiger partial charge in [-0.3, -0.25) is 18.9 Å². The molecule has 1 amide bonds. The molecule has 0 saturated carbocycles. The predicted molar refractivity (Wildman–Crippen MR) is 117 cm³/mol. The largest absolute Gasteiger partial charge is 0.463 e. The molecule has 4 aromatic rings. The van der Waals surface area contributed by atoms with Gasteiger partial charge in [0.25, 0.3) is 5.56 Å².